The van der Waals surface area contributed by atoms with Gasteiger partial charge in [0.05, 0.1) is 13.0 Å². The van der Waals surface area contributed by atoms with Crippen molar-refractivity contribution < 1.29 is 24.3 Å². The van der Waals surface area contributed by atoms with Gasteiger partial charge < -0.3 is 21.1 Å². The fourth-order valence-corrected chi connectivity index (χ4v) is 0.968. The van der Waals surface area contributed by atoms with Crippen LogP contribution in [0.15, 0.2) is 0 Å². The normalized spacial score (nSPS) is 11.4. The number of carboxylic acid groups (broad SMARTS) is 1. The van der Waals surface area contributed by atoms with E-state index in [9.17, 15) is 19.2 Å². The van der Waals surface area contributed by atoms with Crippen molar-refractivity contribution in [2.75, 3.05) is 13.6 Å². The average molecular weight is 245 g/mol. The van der Waals surface area contributed by atoms with Crippen LogP contribution in [-0.4, -0.2) is 53.3 Å². The number of carboxylic acids is 1. The molecule has 0 aliphatic carbocycles. The van der Waals surface area contributed by atoms with E-state index in [0.29, 0.717) is 0 Å². The SMILES string of the molecule is CC(=O)N(C)CC(=O)N[C@@H](CC(N)=O)C(=O)O. The molecule has 8 heteroatoms. The van der Waals surface area contributed by atoms with Crippen molar-refractivity contribution in [3.63, 3.8) is 0 Å². The molecule has 0 aliphatic rings. The Hall–Kier alpha value is -2.12. The number of hydrogen-bond acceptors (Lipinski definition) is 4. The van der Waals surface area contributed by atoms with E-state index in [4.69, 9.17) is 10.8 Å². The highest BCUT2D eigenvalue weighted by molar-refractivity contribution is 5.90. The number of carbonyl (C=O) groups is 4. The van der Waals surface area contributed by atoms with Crippen LogP contribution in [0.4, 0.5) is 0 Å². The van der Waals surface area contributed by atoms with Crippen molar-refractivity contribution >= 4 is 23.7 Å². The summed E-state index contributed by atoms with van der Waals surface area (Å²) in [4.78, 5) is 44.5. The molecular formula is C9H15N3O5. The van der Waals surface area contributed by atoms with Gasteiger partial charge in [-0.15, -0.1) is 0 Å². The summed E-state index contributed by atoms with van der Waals surface area (Å²) in [6.45, 7) is 0.989. The summed E-state index contributed by atoms with van der Waals surface area (Å²) < 4.78 is 0. The van der Waals surface area contributed by atoms with Crippen LogP contribution in [0.25, 0.3) is 0 Å². The first-order valence-electron chi connectivity index (χ1n) is 4.76. The first-order valence-corrected chi connectivity index (χ1v) is 4.76. The number of amides is 3. The fourth-order valence-electron chi connectivity index (χ4n) is 0.968. The molecule has 1 atom stereocenters. The minimum atomic E-state index is -1.37. The van der Waals surface area contributed by atoms with Gasteiger partial charge in [-0.1, -0.05) is 0 Å². The Morgan fingerprint density at radius 1 is 1.35 bits per heavy atom. The zero-order valence-corrected chi connectivity index (χ0v) is 9.60. The smallest absolute Gasteiger partial charge is 0.326 e. The molecule has 0 radical (unpaired) electrons. The fraction of sp³-hybridized carbons (Fsp3) is 0.556. The number of likely N-dealkylation sites (N-methyl/N-ethyl adjacent to an activating group) is 1. The third kappa shape index (κ3) is 6.13. The van der Waals surface area contributed by atoms with Crippen LogP contribution in [0, 0.1) is 0 Å². The highest BCUT2D eigenvalue weighted by atomic mass is 16.4. The monoisotopic (exact) mass is 245 g/mol. The van der Waals surface area contributed by atoms with Gasteiger partial charge >= 0.3 is 5.97 Å². The van der Waals surface area contributed by atoms with E-state index < -0.39 is 30.2 Å². The van der Waals surface area contributed by atoms with Crippen molar-refractivity contribution in [1.82, 2.24) is 10.2 Å². The van der Waals surface area contributed by atoms with E-state index in [1.54, 1.807) is 0 Å². The molecule has 0 aromatic carbocycles. The Kier molecular flexibility index (Phi) is 5.65. The van der Waals surface area contributed by atoms with Crippen LogP contribution < -0.4 is 11.1 Å². The zero-order valence-electron chi connectivity index (χ0n) is 9.60. The van der Waals surface area contributed by atoms with Gasteiger partial charge in [0.1, 0.15) is 6.04 Å². The highest BCUT2D eigenvalue weighted by Crippen LogP contribution is 1.93. The first kappa shape index (κ1) is 14.9. The van der Waals surface area contributed by atoms with E-state index in [1.165, 1.54) is 14.0 Å². The van der Waals surface area contributed by atoms with Crippen molar-refractivity contribution in [2.45, 2.75) is 19.4 Å². The van der Waals surface area contributed by atoms with Crippen LogP contribution in [0.2, 0.25) is 0 Å². The summed E-state index contributed by atoms with van der Waals surface area (Å²) in [5.41, 5.74) is 4.84. The molecule has 0 saturated carbocycles. The number of aliphatic carboxylic acids is 1. The predicted octanol–water partition coefficient (Wildman–Crippen LogP) is -2.09. The molecule has 0 unspecified atom stereocenters. The summed E-state index contributed by atoms with van der Waals surface area (Å²) in [6, 6.07) is -1.37. The molecule has 0 rings (SSSR count). The number of rotatable bonds is 6. The molecule has 0 saturated heterocycles. The lowest BCUT2D eigenvalue weighted by Gasteiger charge is -2.17. The number of primary amides is 1. The van der Waals surface area contributed by atoms with Crippen LogP contribution in [-0.2, 0) is 19.2 Å². The molecule has 0 bridgehead atoms. The lowest BCUT2D eigenvalue weighted by Crippen LogP contribution is -2.47. The number of nitrogens with two attached hydrogens (primary N) is 1. The maximum atomic E-state index is 11.3. The maximum absolute atomic E-state index is 11.3. The Morgan fingerprint density at radius 2 is 1.88 bits per heavy atom. The minimum Gasteiger partial charge on any atom is -0.480 e. The lowest BCUT2D eigenvalue weighted by molar-refractivity contribution is -0.143. The molecule has 0 aliphatic heterocycles. The summed E-state index contributed by atoms with van der Waals surface area (Å²) in [5, 5.41) is 10.8. The molecular weight excluding hydrogens is 230 g/mol. The minimum absolute atomic E-state index is 0.280. The second kappa shape index (κ2) is 6.46. The molecule has 17 heavy (non-hydrogen) atoms. The lowest BCUT2D eigenvalue weighted by atomic mass is 10.2. The maximum Gasteiger partial charge on any atom is 0.326 e. The number of hydrogen-bond donors (Lipinski definition) is 3. The zero-order chi connectivity index (χ0) is 13.6. The topological polar surface area (TPSA) is 130 Å². The van der Waals surface area contributed by atoms with E-state index in [2.05, 4.69) is 5.32 Å². The van der Waals surface area contributed by atoms with Crippen LogP contribution in [0.3, 0.4) is 0 Å². The van der Waals surface area contributed by atoms with Crippen molar-refractivity contribution in [3.05, 3.63) is 0 Å². The molecule has 0 fully saturated rings. The number of nitrogens with zero attached hydrogens (tertiary/aromatic N) is 1. The first-order chi connectivity index (χ1) is 7.73. The van der Waals surface area contributed by atoms with Crippen molar-refractivity contribution in [3.8, 4) is 0 Å². The summed E-state index contributed by atoms with van der Waals surface area (Å²) in [6.07, 6.45) is -0.495. The molecule has 0 aromatic heterocycles. The summed E-state index contributed by atoms with van der Waals surface area (Å²) in [5.74, 6) is -3.20. The van der Waals surface area contributed by atoms with Gasteiger partial charge in [-0.2, -0.15) is 0 Å². The molecule has 0 aromatic rings. The Labute approximate surface area is 97.7 Å². The van der Waals surface area contributed by atoms with Gasteiger partial charge in [0, 0.05) is 14.0 Å². The third-order valence-corrected chi connectivity index (χ3v) is 1.96. The van der Waals surface area contributed by atoms with Gasteiger partial charge in [-0.05, 0) is 0 Å². The second-order valence-corrected chi connectivity index (χ2v) is 3.50. The van der Waals surface area contributed by atoms with Crippen molar-refractivity contribution in [2.24, 2.45) is 5.73 Å². The molecule has 4 N–H and O–H groups in total. The van der Waals surface area contributed by atoms with E-state index in [1.807, 2.05) is 0 Å². The summed E-state index contributed by atoms with van der Waals surface area (Å²) in [7, 11) is 1.39. The predicted molar refractivity (Wildman–Crippen MR) is 56.7 cm³/mol. The van der Waals surface area contributed by atoms with Gasteiger partial charge in [-0.3, -0.25) is 14.4 Å². The Bertz CT molecular complexity index is 342. The number of nitrogens with one attached hydrogen (secondary N) is 1. The van der Waals surface area contributed by atoms with E-state index in [-0.39, 0.29) is 12.5 Å². The quantitative estimate of drug-likeness (QED) is 0.494. The molecule has 8 nitrogen and oxygen atoms in total. The van der Waals surface area contributed by atoms with E-state index >= 15 is 0 Å². The average Bonchev–Trinajstić information content (AvgIpc) is 2.15. The second-order valence-electron chi connectivity index (χ2n) is 3.50. The van der Waals surface area contributed by atoms with Crippen LogP contribution in [0.1, 0.15) is 13.3 Å². The third-order valence-electron chi connectivity index (χ3n) is 1.96. The molecule has 96 valence electrons. The Morgan fingerprint density at radius 3 is 2.24 bits per heavy atom. The largest absolute Gasteiger partial charge is 0.480 e. The van der Waals surface area contributed by atoms with Gasteiger partial charge in [0.2, 0.25) is 17.7 Å². The van der Waals surface area contributed by atoms with Gasteiger partial charge in [0.25, 0.3) is 0 Å². The van der Waals surface area contributed by atoms with Crippen LogP contribution >= 0.6 is 0 Å². The summed E-state index contributed by atoms with van der Waals surface area (Å²) >= 11 is 0. The van der Waals surface area contributed by atoms with Gasteiger partial charge in [-0.25, -0.2) is 4.79 Å². The van der Waals surface area contributed by atoms with E-state index in [0.717, 1.165) is 4.90 Å². The van der Waals surface area contributed by atoms with Crippen molar-refractivity contribution in [1.29, 1.82) is 0 Å². The molecule has 0 heterocycles. The standard InChI is InChI=1S/C9H15N3O5/c1-5(13)12(2)4-8(15)11-6(9(16)17)3-7(10)14/h6H,3-4H2,1-2H3,(H2,10,14)(H,11,15)(H,16,17)/t6-/m0/s1. The highest BCUT2D eigenvalue weighted by Gasteiger charge is 2.22. The number of carbonyl (C=O) groups excluding carboxylic acids is 3. The molecule has 3 amide bonds. The Balaban J connectivity index is 4.36. The van der Waals surface area contributed by atoms with Gasteiger partial charge in [0.15, 0.2) is 0 Å². The van der Waals surface area contributed by atoms with Crippen LogP contribution in [0.5, 0.6) is 0 Å². The molecule has 0 spiro atoms.